The molecule has 0 aromatic carbocycles. The molecule has 2 rings (SSSR count). The second-order valence-corrected chi connectivity index (χ2v) is 6.72. The fourth-order valence-electron chi connectivity index (χ4n) is 2.72. The van der Waals surface area contributed by atoms with Crippen molar-refractivity contribution in [3.63, 3.8) is 0 Å². The van der Waals surface area contributed by atoms with E-state index in [0.29, 0.717) is 12.5 Å². The van der Waals surface area contributed by atoms with E-state index in [2.05, 4.69) is 45.9 Å². The highest BCUT2D eigenvalue weighted by Crippen LogP contribution is 2.08. The first-order chi connectivity index (χ1) is 12.2. The summed E-state index contributed by atoms with van der Waals surface area (Å²) in [6, 6.07) is 0. The van der Waals surface area contributed by atoms with Crippen LogP contribution in [-0.4, -0.2) is 54.5 Å². The van der Waals surface area contributed by atoms with Gasteiger partial charge in [-0.25, -0.2) is 9.98 Å². The Labute approximate surface area is 174 Å². The van der Waals surface area contributed by atoms with Crippen molar-refractivity contribution in [3.8, 4) is 0 Å². The number of hydrogen-bond donors (Lipinski definition) is 2. The lowest BCUT2D eigenvalue weighted by Crippen LogP contribution is -2.38. The molecule has 1 aromatic rings. The van der Waals surface area contributed by atoms with Crippen molar-refractivity contribution in [2.24, 2.45) is 10.9 Å². The van der Waals surface area contributed by atoms with E-state index in [1.807, 2.05) is 12.4 Å². The Morgan fingerprint density at radius 1 is 1.46 bits per heavy atom. The lowest BCUT2D eigenvalue weighted by Gasteiger charge is -2.13. The Bertz CT molecular complexity index is 515. The summed E-state index contributed by atoms with van der Waals surface area (Å²) in [5.74, 6) is 2.41. The van der Waals surface area contributed by atoms with Crippen LogP contribution in [0.5, 0.6) is 0 Å². The molecule has 0 amide bonds. The van der Waals surface area contributed by atoms with Crippen LogP contribution in [-0.2, 0) is 22.6 Å². The van der Waals surface area contributed by atoms with E-state index >= 15 is 0 Å². The number of ether oxygens (including phenoxy) is 2. The predicted molar refractivity (Wildman–Crippen MR) is 115 cm³/mol. The van der Waals surface area contributed by atoms with Crippen molar-refractivity contribution in [3.05, 3.63) is 18.2 Å². The Morgan fingerprint density at radius 2 is 2.31 bits per heavy atom. The molecule has 1 unspecified atom stereocenters. The van der Waals surface area contributed by atoms with Gasteiger partial charge in [-0.3, -0.25) is 0 Å². The van der Waals surface area contributed by atoms with Gasteiger partial charge >= 0.3 is 0 Å². The van der Waals surface area contributed by atoms with Crippen LogP contribution in [0.2, 0.25) is 0 Å². The van der Waals surface area contributed by atoms with Gasteiger partial charge in [-0.2, -0.15) is 0 Å². The number of aromatic nitrogens is 2. The third-order valence-electron chi connectivity index (χ3n) is 3.94. The minimum absolute atomic E-state index is 0. The van der Waals surface area contributed by atoms with Gasteiger partial charge < -0.3 is 24.7 Å². The Morgan fingerprint density at radius 3 is 3.00 bits per heavy atom. The maximum absolute atomic E-state index is 5.78. The maximum atomic E-state index is 5.78. The van der Waals surface area contributed by atoms with E-state index in [-0.39, 0.29) is 30.1 Å². The maximum Gasteiger partial charge on any atom is 0.191 e. The summed E-state index contributed by atoms with van der Waals surface area (Å²) in [6.07, 6.45) is 6.11. The van der Waals surface area contributed by atoms with Gasteiger partial charge in [0.15, 0.2) is 5.96 Å². The van der Waals surface area contributed by atoms with Crippen molar-refractivity contribution < 1.29 is 9.47 Å². The average Bonchev–Trinajstić information content (AvgIpc) is 3.23. The molecule has 8 heteroatoms. The third-order valence-corrected chi connectivity index (χ3v) is 3.94. The monoisotopic (exact) mass is 479 g/mol. The molecule has 2 heterocycles. The minimum atomic E-state index is 0. The van der Waals surface area contributed by atoms with Crippen molar-refractivity contribution in [1.29, 1.82) is 0 Å². The zero-order valence-corrected chi connectivity index (χ0v) is 18.6. The highest BCUT2D eigenvalue weighted by atomic mass is 127. The van der Waals surface area contributed by atoms with Crippen molar-refractivity contribution in [2.75, 3.05) is 32.9 Å². The van der Waals surface area contributed by atoms with Crippen molar-refractivity contribution >= 4 is 29.9 Å². The third kappa shape index (κ3) is 8.68. The number of aliphatic imine (C=N–C) groups is 1. The summed E-state index contributed by atoms with van der Waals surface area (Å²) in [5, 5.41) is 6.64. The van der Waals surface area contributed by atoms with Gasteiger partial charge in [0.1, 0.15) is 12.4 Å². The van der Waals surface area contributed by atoms with Gasteiger partial charge in [-0.05, 0) is 25.7 Å². The van der Waals surface area contributed by atoms with Gasteiger partial charge in [0.05, 0.1) is 12.7 Å². The zero-order chi connectivity index (χ0) is 17.9. The van der Waals surface area contributed by atoms with Gasteiger partial charge in [0.25, 0.3) is 0 Å². The summed E-state index contributed by atoms with van der Waals surface area (Å²) in [6.45, 7) is 12.0. The first-order valence-corrected chi connectivity index (χ1v) is 9.40. The molecular weight excluding hydrogens is 445 g/mol. The number of guanidine groups is 1. The second kappa shape index (κ2) is 13.3. The number of rotatable bonds is 10. The highest BCUT2D eigenvalue weighted by molar-refractivity contribution is 14.0. The molecule has 1 atom stereocenters. The van der Waals surface area contributed by atoms with E-state index in [1.165, 1.54) is 0 Å². The second-order valence-electron chi connectivity index (χ2n) is 6.72. The van der Waals surface area contributed by atoms with E-state index < -0.39 is 0 Å². The number of halogens is 1. The molecular formula is C18H34IN5O2. The molecule has 0 radical (unpaired) electrons. The van der Waals surface area contributed by atoms with Crippen LogP contribution < -0.4 is 10.6 Å². The quantitative estimate of drug-likeness (QED) is 0.234. The average molecular weight is 479 g/mol. The van der Waals surface area contributed by atoms with Crippen LogP contribution in [0.15, 0.2) is 17.4 Å². The standard InChI is InChI=1S/C18H33N5O2.HI/c1-4-19-18(21-7-5-10-25-16-6-11-24-14-16)22-12-17-20-8-9-23(17)13-15(2)3;/h8-9,15-16H,4-7,10-14H2,1-3H3,(H2,19,21,22);1H. The van der Waals surface area contributed by atoms with Gasteiger partial charge in [0.2, 0.25) is 0 Å². The van der Waals surface area contributed by atoms with Gasteiger partial charge in [-0.15, -0.1) is 24.0 Å². The molecule has 0 spiro atoms. The molecule has 1 aliphatic rings. The Kier molecular flexibility index (Phi) is 11.9. The Hall–Kier alpha value is -0.870. The number of hydrogen-bond acceptors (Lipinski definition) is 4. The molecule has 7 nitrogen and oxygen atoms in total. The number of nitrogens with one attached hydrogen (secondary N) is 2. The number of imidazole rings is 1. The molecule has 150 valence electrons. The smallest absolute Gasteiger partial charge is 0.191 e. The summed E-state index contributed by atoms with van der Waals surface area (Å²) in [5.41, 5.74) is 0. The minimum Gasteiger partial charge on any atom is -0.379 e. The summed E-state index contributed by atoms with van der Waals surface area (Å²) in [4.78, 5) is 9.07. The number of nitrogens with zero attached hydrogens (tertiary/aromatic N) is 3. The summed E-state index contributed by atoms with van der Waals surface area (Å²) < 4.78 is 13.3. The van der Waals surface area contributed by atoms with Crippen molar-refractivity contribution in [1.82, 2.24) is 20.2 Å². The van der Waals surface area contributed by atoms with Crippen molar-refractivity contribution in [2.45, 2.75) is 52.8 Å². The van der Waals surface area contributed by atoms with E-state index in [1.54, 1.807) is 0 Å². The molecule has 26 heavy (non-hydrogen) atoms. The molecule has 1 aliphatic heterocycles. The normalized spacial score (nSPS) is 17.4. The first-order valence-electron chi connectivity index (χ1n) is 9.40. The molecule has 1 saturated heterocycles. The molecule has 1 fully saturated rings. The van der Waals surface area contributed by atoms with E-state index in [4.69, 9.17) is 9.47 Å². The van der Waals surface area contributed by atoms with E-state index in [9.17, 15) is 0 Å². The van der Waals surface area contributed by atoms with E-state index in [0.717, 1.165) is 64.1 Å². The van der Waals surface area contributed by atoms with Crippen LogP contribution in [0.3, 0.4) is 0 Å². The molecule has 2 N–H and O–H groups in total. The zero-order valence-electron chi connectivity index (χ0n) is 16.2. The van der Waals surface area contributed by atoms with Crippen LogP contribution in [0.4, 0.5) is 0 Å². The largest absolute Gasteiger partial charge is 0.379 e. The fraction of sp³-hybridized carbons (Fsp3) is 0.778. The van der Waals surface area contributed by atoms with Crippen LogP contribution in [0.1, 0.15) is 39.4 Å². The fourth-order valence-corrected chi connectivity index (χ4v) is 2.72. The van der Waals surface area contributed by atoms with Crippen LogP contribution in [0, 0.1) is 5.92 Å². The summed E-state index contributed by atoms with van der Waals surface area (Å²) in [7, 11) is 0. The van der Waals surface area contributed by atoms with Gasteiger partial charge in [0, 0.05) is 45.2 Å². The molecule has 1 aromatic heterocycles. The van der Waals surface area contributed by atoms with Gasteiger partial charge in [-0.1, -0.05) is 13.8 Å². The van der Waals surface area contributed by atoms with Crippen LogP contribution >= 0.6 is 24.0 Å². The lowest BCUT2D eigenvalue weighted by molar-refractivity contribution is 0.0420. The topological polar surface area (TPSA) is 72.7 Å². The Balaban J connectivity index is 0.00000338. The predicted octanol–water partition coefficient (Wildman–Crippen LogP) is 2.41. The lowest BCUT2D eigenvalue weighted by atomic mass is 10.2. The highest BCUT2D eigenvalue weighted by Gasteiger charge is 2.15. The SMILES string of the molecule is CCNC(=NCc1nccn1CC(C)C)NCCCOC1CCOC1.I. The first kappa shape index (κ1) is 23.2. The molecule has 0 aliphatic carbocycles. The van der Waals surface area contributed by atoms with Crippen LogP contribution in [0.25, 0.3) is 0 Å². The molecule has 0 saturated carbocycles. The summed E-state index contributed by atoms with van der Waals surface area (Å²) >= 11 is 0. The molecule has 0 bridgehead atoms.